The van der Waals surface area contributed by atoms with Gasteiger partial charge in [-0.3, -0.25) is 0 Å². The zero-order valence-corrected chi connectivity index (χ0v) is 8.57. The SMILES string of the molecule is CC(C)(C)OC(=O)c1ncccc1N. The van der Waals surface area contributed by atoms with Crippen LogP contribution in [0.1, 0.15) is 31.3 Å². The molecule has 1 heterocycles. The number of anilines is 1. The number of aromatic nitrogens is 1. The standard InChI is InChI=1S/C10H14N2O2/c1-10(2,3)14-9(13)8-7(11)5-4-6-12-8/h4-6H,11H2,1-3H3. The van der Waals surface area contributed by atoms with Gasteiger partial charge in [-0.05, 0) is 32.9 Å². The van der Waals surface area contributed by atoms with E-state index in [0.29, 0.717) is 5.69 Å². The van der Waals surface area contributed by atoms with Crippen LogP contribution in [-0.2, 0) is 4.74 Å². The van der Waals surface area contributed by atoms with E-state index in [-0.39, 0.29) is 5.69 Å². The van der Waals surface area contributed by atoms with Crippen LogP contribution in [0, 0.1) is 0 Å². The van der Waals surface area contributed by atoms with Gasteiger partial charge in [-0.15, -0.1) is 0 Å². The zero-order valence-electron chi connectivity index (χ0n) is 8.57. The number of hydrogen-bond donors (Lipinski definition) is 1. The molecule has 14 heavy (non-hydrogen) atoms. The second kappa shape index (κ2) is 3.65. The van der Waals surface area contributed by atoms with E-state index in [0.717, 1.165) is 0 Å². The van der Waals surface area contributed by atoms with E-state index in [4.69, 9.17) is 10.5 Å². The van der Waals surface area contributed by atoms with Gasteiger partial charge in [0.2, 0.25) is 0 Å². The van der Waals surface area contributed by atoms with E-state index in [1.807, 2.05) is 0 Å². The summed E-state index contributed by atoms with van der Waals surface area (Å²) < 4.78 is 5.12. The molecule has 0 spiro atoms. The van der Waals surface area contributed by atoms with E-state index in [1.54, 1.807) is 32.9 Å². The minimum Gasteiger partial charge on any atom is -0.455 e. The molecule has 4 heteroatoms. The molecule has 0 amide bonds. The Balaban J connectivity index is 2.86. The van der Waals surface area contributed by atoms with Gasteiger partial charge in [-0.2, -0.15) is 0 Å². The largest absolute Gasteiger partial charge is 0.455 e. The summed E-state index contributed by atoms with van der Waals surface area (Å²) >= 11 is 0. The predicted molar refractivity (Wildman–Crippen MR) is 53.8 cm³/mol. The molecular formula is C10H14N2O2. The minimum atomic E-state index is -0.527. The molecule has 0 unspecified atom stereocenters. The lowest BCUT2D eigenvalue weighted by atomic mass is 10.2. The highest BCUT2D eigenvalue weighted by Crippen LogP contribution is 2.14. The molecule has 0 fully saturated rings. The summed E-state index contributed by atoms with van der Waals surface area (Å²) in [5, 5.41) is 0. The molecule has 0 aliphatic rings. The van der Waals surface area contributed by atoms with Crippen LogP contribution in [0.25, 0.3) is 0 Å². The van der Waals surface area contributed by atoms with Crippen LogP contribution in [0.3, 0.4) is 0 Å². The van der Waals surface area contributed by atoms with E-state index in [2.05, 4.69) is 4.98 Å². The van der Waals surface area contributed by atoms with Gasteiger partial charge in [0.05, 0.1) is 5.69 Å². The maximum absolute atomic E-state index is 11.5. The van der Waals surface area contributed by atoms with E-state index < -0.39 is 11.6 Å². The lowest BCUT2D eigenvalue weighted by Crippen LogP contribution is -2.25. The van der Waals surface area contributed by atoms with Crippen LogP contribution in [-0.4, -0.2) is 16.6 Å². The Morgan fingerprint density at radius 3 is 2.64 bits per heavy atom. The van der Waals surface area contributed by atoms with Gasteiger partial charge in [0.25, 0.3) is 0 Å². The van der Waals surface area contributed by atoms with Crippen molar-refractivity contribution >= 4 is 11.7 Å². The third-order valence-corrected chi connectivity index (χ3v) is 1.43. The van der Waals surface area contributed by atoms with Gasteiger partial charge >= 0.3 is 5.97 Å². The molecule has 0 saturated carbocycles. The maximum atomic E-state index is 11.5. The van der Waals surface area contributed by atoms with Gasteiger partial charge in [0.1, 0.15) is 5.60 Å². The fraction of sp³-hybridized carbons (Fsp3) is 0.400. The zero-order chi connectivity index (χ0) is 10.8. The summed E-state index contributed by atoms with van der Waals surface area (Å²) in [4.78, 5) is 15.4. The van der Waals surface area contributed by atoms with E-state index >= 15 is 0 Å². The van der Waals surface area contributed by atoms with Gasteiger partial charge < -0.3 is 10.5 Å². The number of carbonyl (C=O) groups is 1. The maximum Gasteiger partial charge on any atom is 0.359 e. The van der Waals surface area contributed by atoms with Crippen molar-refractivity contribution in [2.45, 2.75) is 26.4 Å². The Hall–Kier alpha value is -1.58. The average Bonchev–Trinajstić information content (AvgIpc) is 2.01. The Morgan fingerprint density at radius 1 is 1.50 bits per heavy atom. The summed E-state index contributed by atoms with van der Waals surface area (Å²) in [6.07, 6.45) is 1.51. The quantitative estimate of drug-likeness (QED) is 0.690. The Kier molecular flexibility index (Phi) is 2.74. The fourth-order valence-electron chi connectivity index (χ4n) is 0.915. The minimum absolute atomic E-state index is 0.169. The molecule has 1 rings (SSSR count). The Bertz CT molecular complexity index is 342. The van der Waals surface area contributed by atoms with Crippen molar-refractivity contribution in [2.75, 3.05) is 5.73 Å². The summed E-state index contributed by atoms with van der Waals surface area (Å²) in [6.45, 7) is 5.39. The van der Waals surface area contributed by atoms with Crippen LogP contribution in [0.5, 0.6) is 0 Å². The molecule has 0 aliphatic heterocycles. The molecule has 0 saturated heterocycles. The third kappa shape index (κ3) is 2.73. The first-order valence-corrected chi connectivity index (χ1v) is 4.34. The van der Waals surface area contributed by atoms with Gasteiger partial charge in [0.15, 0.2) is 5.69 Å². The number of pyridine rings is 1. The van der Waals surface area contributed by atoms with Crippen LogP contribution in [0.2, 0.25) is 0 Å². The summed E-state index contributed by atoms with van der Waals surface area (Å²) in [7, 11) is 0. The predicted octanol–water partition coefficient (Wildman–Crippen LogP) is 1.62. The highest BCUT2D eigenvalue weighted by atomic mass is 16.6. The van der Waals surface area contributed by atoms with Crippen molar-refractivity contribution in [3.63, 3.8) is 0 Å². The second-order valence-electron chi connectivity index (χ2n) is 3.94. The van der Waals surface area contributed by atoms with Crippen molar-refractivity contribution in [2.24, 2.45) is 0 Å². The summed E-state index contributed by atoms with van der Waals surface area (Å²) in [6, 6.07) is 3.29. The van der Waals surface area contributed by atoms with Crippen molar-refractivity contribution < 1.29 is 9.53 Å². The van der Waals surface area contributed by atoms with Crippen LogP contribution in [0.15, 0.2) is 18.3 Å². The summed E-state index contributed by atoms with van der Waals surface area (Å²) in [5.41, 5.74) is 5.55. The first kappa shape index (κ1) is 10.5. The molecule has 0 bridgehead atoms. The lowest BCUT2D eigenvalue weighted by Gasteiger charge is -2.19. The topological polar surface area (TPSA) is 65.2 Å². The molecule has 0 aromatic carbocycles. The van der Waals surface area contributed by atoms with Gasteiger partial charge in [-0.1, -0.05) is 0 Å². The number of ether oxygens (including phenoxy) is 1. The first-order chi connectivity index (χ1) is 6.40. The van der Waals surface area contributed by atoms with Crippen molar-refractivity contribution in [3.8, 4) is 0 Å². The first-order valence-electron chi connectivity index (χ1n) is 4.34. The van der Waals surface area contributed by atoms with Gasteiger partial charge in [0, 0.05) is 6.20 Å². The van der Waals surface area contributed by atoms with Crippen LogP contribution < -0.4 is 5.73 Å². The second-order valence-corrected chi connectivity index (χ2v) is 3.94. The lowest BCUT2D eigenvalue weighted by molar-refractivity contribution is 0.00643. The number of esters is 1. The van der Waals surface area contributed by atoms with Crippen molar-refractivity contribution in [1.82, 2.24) is 4.98 Å². The molecule has 0 atom stereocenters. The molecule has 76 valence electrons. The normalized spacial score (nSPS) is 11.1. The Morgan fingerprint density at radius 2 is 2.14 bits per heavy atom. The van der Waals surface area contributed by atoms with Crippen molar-refractivity contribution in [3.05, 3.63) is 24.0 Å². The number of hydrogen-bond acceptors (Lipinski definition) is 4. The number of nitrogens with two attached hydrogens (primary N) is 1. The highest BCUT2D eigenvalue weighted by molar-refractivity contribution is 5.92. The molecular weight excluding hydrogens is 180 g/mol. The summed E-state index contributed by atoms with van der Waals surface area (Å²) in [5.74, 6) is -0.490. The van der Waals surface area contributed by atoms with Gasteiger partial charge in [-0.25, -0.2) is 9.78 Å². The van der Waals surface area contributed by atoms with E-state index in [1.165, 1.54) is 6.20 Å². The van der Waals surface area contributed by atoms with Crippen molar-refractivity contribution in [1.29, 1.82) is 0 Å². The Labute approximate surface area is 83.1 Å². The fourth-order valence-corrected chi connectivity index (χ4v) is 0.915. The number of carbonyl (C=O) groups excluding carboxylic acids is 1. The highest BCUT2D eigenvalue weighted by Gasteiger charge is 2.20. The monoisotopic (exact) mass is 194 g/mol. The molecule has 1 aromatic heterocycles. The molecule has 2 N–H and O–H groups in total. The van der Waals surface area contributed by atoms with Crippen LogP contribution in [0.4, 0.5) is 5.69 Å². The number of nitrogen functional groups attached to an aromatic ring is 1. The average molecular weight is 194 g/mol. The van der Waals surface area contributed by atoms with Crippen LogP contribution >= 0.6 is 0 Å². The smallest absolute Gasteiger partial charge is 0.359 e. The molecule has 1 aromatic rings. The number of rotatable bonds is 1. The molecule has 4 nitrogen and oxygen atoms in total. The third-order valence-electron chi connectivity index (χ3n) is 1.43. The number of nitrogens with zero attached hydrogens (tertiary/aromatic N) is 1. The van der Waals surface area contributed by atoms with E-state index in [9.17, 15) is 4.79 Å². The molecule has 0 radical (unpaired) electrons. The molecule has 0 aliphatic carbocycles.